The molecule has 0 saturated carbocycles. The number of halogens is 2. The first kappa shape index (κ1) is 26.0. The lowest BCUT2D eigenvalue weighted by molar-refractivity contribution is -0.114. The number of para-hydroxylation sites is 1. The van der Waals surface area contributed by atoms with E-state index >= 15 is 0 Å². The van der Waals surface area contributed by atoms with E-state index in [2.05, 4.69) is 5.32 Å². The van der Waals surface area contributed by atoms with E-state index in [0.717, 1.165) is 6.07 Å². The molecule has 1 N–H and O–H groups in total. The molecule has 1 amide bonds. The maximum Gasteiger partial charge on any atom is 0.339 e. The molecule has 0 bridgehead atoms. The van der Waals surface area contributed by atoms with Crippen molar-refractivity contribution in [1.82, 2.24) is 0 Å². The minimum Gasteiger partial charge on any atom is -0.497 e. The maximum absolute atomic E-state index is 14.6. The first-order valence-electron chi connectivity index (χ1n) is 10.3. The number of hydrogen-bond donors (Lipinski definition) is 1. The van der Waals surface area contributed by atoms with Gasteiger partial charge in [-0.05, 0) is 61.5 Å². The summed E-state index contributed by atoms with van der Waals surface area (Å²) in [5.74, 6) is -1.85. The lowest BCUT2D eigenvalue weighted by Gasteiger charge is -2.24. The van der Waals surface area contributed by atoms with Gasteiger partial charge in [-0.2, -0.15) is 0 Å². The summed E-state index contributed by atoms with van der Waals surface area (Å²) in [6.07, 6.45) is 0. The van der Waals surface area contributed by atoms with Crippen molar-refractivity contribution in [1.29, 1.82) is 0 Å². The van der Waals surface area contributed by atoms with Crippen LogP contribution in [0, 0.1) is 5.82 Å². The Morgan fingerprint density at radius 2 is 1.74 bits per heavy atom. The van der Waals surface area contributed by atoms with Crippen LogP contribution in [0.1, 0.15) is 17.3 Å². The SMILES string of the molecule is CCOC(=O)c1cc(NC(=O)CN(c2ccccc2F)S(=O)(=O)c2ccc(OC)cc2)ccc1Cl. The van der Waals surface area contributed by atoms with Crippen LogP contribution in [-0.4, -0.2) is 40.6 Å². The van der Waals surface area contributed by atoms with Crippen LogP contribution in [0.5, 0.6) is 5.75 Å². The zero-order chi connectivity index (χ0) is 25.6. The third kappa shape index (κ3) is 6.09. The zero-order valence-corrected chi connectivity index (χ0v) is 20.4. The second-order valence-electron chi connectivity index (χ2n) is 7.10. The maximum atomic E-state index is 14.6. The van der Waals surface area contributed by atoms with Crippen LogP contribution < -0.4 is 14.4 Å². The molecule has 3 aromatic carbocycles. The molecule has 184 valence electrons. The molecule has 0 aliphatic rings. The number of amides is 1. The summed E-state index contributed by atoms with van der Waals surface area (Å²) in [4.78, 5) is 24.8. The molecule has 0 aliphatic carbocycles. The highest BCUT2D eigenvalue weighted by atomic mass is 35.5. The molecule has 0 fully saturated rings. The fourth-order valence-electron chi connectivity index (χ4n) is 3.13. The van der Waals surface area contributed by atoms with Crippen LogP contribution in [0.3, 0.4) is 0 Å². The number of esters is 1. The van der Waals surface area contributed by atoms with E-state index in [1.54, 1.807) is 6.92 Å². The van der Waals surface area contributed by atoms with Crippen molar-refractivity contribution in [2.45, 2.75) is 11.8 Å². The third-order valence-electron chi connectivity index (χ3n) is 4.80. The number of ether oxygens (including phenoxy) is 2. The number of benzene rings is 3. The van der Waals surface area contributed by atoms with Gasteiger partial charge in [-0.1, -0.05) is 23.7 Å². The van der Waals surface area contributed by atoms with Crippen molar-refractivity contribution in [3.8, 4) is 5.75 Å². The van der Waals surface area contributed by atoms with Crippen molar-refractivity contribution in [3.05, 3.63) is 83.1 Å². The summed E-state index contributed by atoms with van der Waals surface area (Å²) in [5.41, 5.74) is -0.0947. The monoisotopic (exact) mass is 520 g/mol. The van der Waals surface area contributed by atoms with Gasteiger partial charge >= 0.3 is 5.97 Å². The van der Waals surface area contributed by atoms with Crippen LogP contribution >= 0.6 is 11.6 Å². The Morgan fingerprint density at radius 1 is 1.06 bits per heavy atom. The summed E-state index contributed by atoms with van der Waals surface area (Å²) in [6.45, 7) is 1.03. The Morgan fingerprint density at radius 3 is 2.37 bits per heavy atom. The smallest absolute Gasteiger partial charge is 0.339 e. The number of carbonyl (C=O) groups excluding carboxylic acids is 2. The molecule has 0 saturated heterocycles. The highest BCUT2D eigenvalue weighted by molar-refractivity contribution is 7.92. The highest BCUT2D eigenvalue weighted by Gasteiger charge is 2.29. The molecule has 35 heavy (non-hydrogen) atoms. The van der Waals surface area contributed by atoms with E-state index in [4.69, 9.17) is 21.1 Å². The highest BCUT2D eigenvalue weighted by Crippen LogP contribution is 2.28. The van der Waals surface area contributed by atoms with Gasteiger partial charge in [0.05, 0.1) is 34.9 Å². The van der Waals surface area contributed by atoms with Crippen molar-refractivity contribution in [2.75, 3.05) is 29.9 Å². The fourth-order valence-corrected chi connectivity index (χ4v) is 4.75. The van der Waals surface area contributed by atoms with Gasteiger partial charge in [0, 0.05) is 5.69 Å². The molecule has 3 aromatic rings. The molecule has 0 aliphatic heterocycles. The fraction of sp³-hybridized carbons (Fsp3) is 0.167. The van der Waals surface area contributed by atoms with Crippen molar-refractivity contribution < 1.29 is 31.9 Å². The lowest BCUT2D eigenvalue weighted by atomic mass is 10.2. The Hall–Kier alpha value is -3.63. The van der Waals surface area contributed by atoms with Crippen LogP contribution in [0.4, 0.5) is 15.8 Å². The van der Waals surface area contributed by atoms with E-state index in [1.807, 2.05) is 0 Å². The van der Waals surface area contributed by atoms with Crippen LogP contribution in [0.15, 0.2) is 71.6 Å². The van der Waals surface area contributed by atoms with Gasteiger partial charge in [0.15, 0.2) is 0 Å². The number of nitrogens with zero attached hydrogens (tertiary/aromatic N) is 1. The number of methoxy groups -OCH3 is 1. The molecular weight excluding hydrogens is 499 g/mol. The van der Waals surface area contributed by atoms with Crippen molar-refractivity contribution in [3.63, 3.8) is 0 Å². The first-order valence-corrected chi connectivity index (χ1v) is 12.2. The molecular formula is C24H22ClFN2O6S. The number of sulfonamides is 1. The van der Waals surface area contributed by atoms with E-state index in [1.165, 1.54) is 67.8 Å². The molecule has 0 spiro atoms. The predicted octanol–water partition coefficient (Wildman–Crippen LogP) is 4.50. The number of nitrogens with one attached hydrogen (secondary N) is 1. The van der Waals surface area contributed by atoms with Crippen LogP contribution in [-0.2, 0) is 19.6 Å². The lowest BCUT2D eigenvalue weighted by Crippen LogP contribution is -2.38. The zero-order valence-electron chi connectivity index (χ0n) is 18.8. The van der Waals surface area contributed by atoms with Gasteiger partial charge in [-0.25, -0.2) is 17.6 Å². The first-order chi connectivity index (χ1) is 16.7. The minimum absolute atomic E-state index is 0.0307. The third-order valence-corrected chi connectivity index (χ3v) is 6.90. The van der Waals surface area contributed by atoms with Gasteiger partial charge in [0.25, 0.3) is 10.0 Å². The van der Waals surface area contributed by atoms with Gasteiger partial charge < -0.3 is 14.8 Å². The molecule has 8 nitrogen and oxygen atoms in total. The number of hydrogen-bond acceptors (Lipinski definition) is 6. The van der Waals surface area contributed by atoms with Crippen LogP contribution in [0.2, 0.25) is 5.02 Å². The summed E-state index contributed by atoms with van der Waals surface area (Å²) < 4.78 is 52.1. The largest absolute Gasteiger partial charge is 0.497 e. The summed E-state index contributed by atoms with van der Waals surface area (Å²) >= 11 is 6.04. The van der Waals surface area contributed by atoms with E-state index in [0.29, 0.717) is 10.1 Å². The van der Waals surface area contributed by atoms with Crippen molar-refractivity contribution in [2.24, 2.45) is 0 Å². The predicted molar refractivity (Wildman–Crippen MR) is 130 cm³/mol. The Balaban J connectivity index is 1.93. The van der Waals surface area contributed by atoms with E-state index < -0.39 is 34.3 Å². The molecule has 0 unspecified atom stereocenters. The summed E-state index contributed by atoms with van der Waals surface area (Å²) in [6, 6.07) is 14.8. The molecule has 0 atom stereocenters. The Kier molecular flexibility index (Phi) is 8.31. The quantitative estimate of drug-likeness (QED) is 0.417. The topological polar surface area (TPSA) is 102 Å². The second kappa shape index (κ2) is 11.2. The average molecular weight is 521 g/mol. The van der Waals surface area contributed by atoms with Crippen LogP contribution in [0.25, 0.3) is 0 Å². The summed E-state index contributed by atoms with van der Waals surface area (Å²) in [7, 11) is -2.91. The molecule has 0 radical (unpaired) electrons. The Labute approximate surface area is 207 Å². The number of anilines is 2. The van der Waals surface area contributed by atoms with Crippen molar-refractivity contribution >= 4 is 44.9 Å². The second-order valence-corrected chi connectivity index (χ2v) is 9.37. The molecule has 0 heterocycles. The number of rotatable bonds is 9. The molecule has 3 rings (SSSR count). The Bertz CT molecular complexity index is 1330. The van der Waals surface area contributed by atoms with E-state index in [9.17, 15) is 22.4 Å². The van der Waals surface area contributed by atoms with Gasteiger partial charge in [0.1, 0.15) is 18.1 Å². The standard InChI is InChI=1S/C24H22ClFN2O6S/c1-3-34-24(30)19-14-16(8-13-20(19)25)27-23(29)15-28(22-7-5-4-6-21(22)26)35(31,32)18-11-9-17(33-2)10-12-18/h4-14H,3,15H2,1-2H3,(H,27,29). The van der Waals surface area contributed by atoms with Gasteiger partial charge in [-0.15, -0.1) is 0 Å². The van der Waals surface area contributed by atoms with E-state index in [-0.39, 0.29) is 33.5 Å². The average Bonchev–Trinajstić information content (AvgIpc) is 2.84. The number of carbonyl (C=O) groups is 2. The molecule has 0 aromatic heterocycles. The minimum atomic E-state index is -4.34. The van der Waals surface area contributed by atoms with Gasteiger partial charge in [0.2, 0.25) is 5.91 Å². The normalized spacial score (nSPS) is 11.0. The van der Waals surface area contributed by atoms with Gasteiger partial charge in [-0.3, -0.25) is 9.10 Å². The molecule has 11 heteroatoms. The summed E-state index contributed by atoms with van der Waals surface area (Å²) in [5, 5.41) is 2.64.